The van der Waals surface area contributed by atoms with Crippen molar-refractivity contribution in [3.8, 4) is 5.75 Å². The fourth-order valence-electron chi connectivity index (χ4n) is 1.85. The molecule has 0 radical (unpaired) electrons. The average Bonchev–Trinajstić information content (AvgIpc) is 2.85. The van der Waals surface area contributed by atoms with E-state index in [1.165, 1.54) is 0 Å². The molecular weight excluding hydrogens is 248 g/mol. The van der Waals surface area contributed by atoms with Gasteiger partial charge in [0.2, 0.25) is 5.91 Å². The van der Waals surface area contributed by atoms with Crippen molar-refractivity contribution in [3.05, 3.63) is 24.3 Å². The van der Waals surface area contributed by atoms with E-state index in [-0.39, 0.29) is 18.9 Å². The number of nitrogens with one attached hydrogen (secondary N) is 1. The Bertz CT molecular complexity index is 475. The third-order valence-corrected chi connectivity index (χ3v) is 2.82. The number of imide groups is 1. The van der Waals surface area contributed by atoms with Crippen LogP contribution in [0.2, 0.25) is 0 Å². The van der Waals surface area contributed by atoms with Gasteiger partial charge in [0.1, 0.15) is 12.4 Å². The quantitative estimate of drug-likeness (QED) is 0.872. The first-order valence-electron chi connectivity index (χ1n) is 6.06. The number of rotatable bonds is 5. The number of methoxy groups -OCH3 is 1. The highest BCUT2D eigenvalue weighted by Gasteiger charge is 2.27. The number of nitrogens with zero attached hydrogens (tertiary/aromatic N) is 1. The fourth-order valence-corrected chi connectivity index (χ4v) is 1.85. The summed E-state index contributed by atoms with van der Waals surface area (Å²) < 4.78 is 9.90. The maximum atomic E-state index is 11.8. The van der Waals surface area contributed by atoms with Crippen molar-refractivity contribution < 1.29 is 19.1 Å². The number of cyclic esters (lactones) is 1. The van der Waals surface area contributed by atoms with Gasteiger partial charge in [0, 0.05) is 13.0 Å². The lowest BCUT2D eigenvalue weighted by Gasteiger charge is -2.13. The zero-order valence-electron chi connectivity index (χ0n) is 10.7. The maximum absolute atomic E-state index is 11.8. The van der Waals surface area contributed by atoms with Crippen LogP contribution < -0.4 is 10.1 Å². The van der Waals surface area contributed by atoms with E-state index in [1.54, 1.807) is 7.11 Å². The van der Waals surface area contributed by atoms with Crippen LogP contribution in [-0.2, 0) is 9.53 Å². The summed E-state index contributed by atoms with van der Waals surface area (Å²) in [6.45, 7) is 1.06. The number of amides is 2. The van der Waals surface area contributed by atoms with Crippen LogP contribution in [0.5, 0.6) is 5.75 Å². The molecule has 0 unspecified atom stereocenters. The van der Waals surface area contributed by atoms with Crippen LogP contribution in [-0.4, -0.2) is 43.7 Å². The second-order valence-corrected chi connectivity index (χ2v) is 4.04. The normalized spacial score (nSPS) is 14.2. The van der Waals surface area contributed by atoms with Crippen LogP contribution in [0.3, 0.4) is 0 Å². The molecular formula is C13H16N2O4. The summed E-state index contributed by atoms with van der Waals surface area (Å²) in [6.07, 6.45) is -0.324. The standard InChI is InChI=1S/C13H16N2O4/c1-18-11-5-3-2-4-10(11)14-7-6-12(16)15-8-9-19-13(15)17/h2-5,14H,6-9H2,1H3. The molecule has 0 atom stereocenters. The fraction of sp³-hybridized carbons (Fsp3) is 0.385. The molecule has 0 saturated carbocycles. The molecule has 0 aliphatic carbocycles. The number of carbonyl (C=O) groups excluding carboxylic acids is 2. The molecule has 1 aromatic carbocycles. The maximum Gasteiger partial charge on any atom is 0.416 e. The van der Waals surface area contributed by atoms with Crippen molar-refractivity contribution in [2.45, 2.75) is 6.42 Å². The topological polar surface area (TPSA) is 67.9 Å². The molecule has 1 fully saturated rings. The highest BCUT2D eigenvalue weighted by molar-refractivity contribution is 5.93. The third kappa shape index (κ3) is 3.15. The number of hydrogen-bond acceptors (Lipinski definition) is 5. The van der Waals surface area contributed by atoms with Crippen molar-refractivity contribution in [2.75, 3.05) is 32.1 Å². The average molecular weight is 264 g/mol. The third-order valence-electron chi connectivity index (χ3n) is 2.82. The van der Waals surface area contributed by atoms with Crippen molar-refractivity contribution >= 4 is 17.7 Å². The molecule has 1 aliphatic heterocycles. The summed E-state index contributed by atoms with van der Waals surface area (Å²) in [5.41, 5.74) is 0.821. The SMILES string of the molecule is COc1ccccc1NCCC(=O)N1CCOC1=O. The van der Waals surface area contributed by atoms with Gasteiger partial charge in [-0.05, 0) is 12.1 Å². The molecule has 0 aromatic heterocycles. The van der Waals surface area contributed by atoms with Crippen LogP contribution in [0.1, 0.15) is 6.42 Å². The Morgan fingerprint density at radius 3 is 2.95 bits per heavy atom. The van der Waals surface area contributed by atoms with Gasteiger partial charge in [0.25, 0.3) is 0 Å². The Labute approximate surface area is 111 Å². The summed E-state index contributed by atoms with van der Waals surface area (Å²) in [5.74, 6) is 0.487. The smallest absolute Gasteiger partial charge is 0.416 e. The molecule has 6 heteroatoms. The Morgan fingerprint density at radius 2 is 2.26 bits per heavy atom. The van der Waals surface area contributed by atoms with Gasteiger partial charge >= 0.3 is 6.09 Å². The summed E-state index contributed by atoms with van der Waals surface area (Å²) in [6, 6.07) is 7.45. The predicted octanol–water partition coefficient (Wildman–Crippen LogP) is 1.48. The number of ether oxygens (including phenoxy) is 2. The monoisotopic (exact) mass is 264 g/mol. The highest BCUT2D eigenvalue weighted by Crippen LogP contribution is 2.22. The molecule has 1 heterocycles. The van der Waals surface area contributed by atoms with Crippen LogP contribution in [0.25, 0.3) is 0 Å². The molecule has 6 nitrogen and oxygen atoms in total. The van der Waals surface area contributed by atoms with Gasteiger partial charge in [-0.3, -0.25) is 4.79 Å². The lowest BCUT2D eigenvalue weighted by molar-refractivity contribution is -0.127. The minimum atomic E-state index is -0.553. The molecule has 0 spiro atoms. The number of carbonyl (C=O) groups is 2. The summed E-state index contributed by atoms with van der Waals surface area (Å²) in [4.78, 5) is 24.1. The van der Waals surface area contributed by atoms with Gasteiger partial charge in [0.15, 0.2) is 0 Å². The van der Waals surface area contributed by atoms with Crippen molar-refractivity contribution in [3.63, 3.8) is 0 Å². The molecule has 19 heavy (non-hydrogen) atoms. The summed E-state index contributed by atoms with van der Waals surface area (Å²) in [5, 5.41) is 3.11. The molecule has 1 N–H and O–H groups in total. The first-order chi connectivity index (χ1) is 9.22. The number of anilines is 1. The molecule has 2 amide bonds. The van der Waals surface area contributed by atoms with Crippen LogP contribution in [0, 0.1) is 0 Å². The Hall–Kier alpha value is -2.24. The molecule has 1 saturated heterocycles. The first-order valence-corrected chi connectivity index (χ1v) is 6.06. The predicted molar refractivity (Wildman–Crippen MR) is 69.2 cm³/mol. The van der Waals surface area contributed by atoms with E-state index in [1.807, 2.05) is 24.3 Å². The van der Waals surface area contributed by atoms with Gasteiger partial charge in [-0.25, -0.2) is 9.69 Å². The molecule has 1 aromatic rings. The summed E-state index contributed by atoms with van der Waals surface area (Å²) in [7, 11) is 1.59. The van der Waals surface area contributed by atoms with Crippen LogP contribution in [0.15, 0.2) is 24.3 Å². The first kappa shape index (κ1) is 13.2. The van der Waals surface area contributed by atoms with Gasteiger partial charge in [-0.2, -0.15) is 0 Å². The van der Waals surface area contributed by atoms with E-state index in [0.717, 1.165) is 16.3 Å². The Kier molecular flexibility index (Phi) is 4.22. The van der Waals surface area contributed by atoms with Gasteiger partial charge in [-0.1, -0.05) is 12.1 Å². The van der Waals surface area contributed by atoms with E-state index in [9.17, 15) is 9.59 Å². The van der Waals surface area contributed by atoms with E-state index in [4.69, 9.17) is 9.47 Å². The minimum Gasteiger partial charge on any atom is -0.495 e. The molecule has 102 valence electrons. The Morgan fingerprint density at radius 1 is 1.47 bits per heavy atom. The molecule has 0 bridgehead atoms. The highest BCUT2D eigenvalue weighted by atomic mass is 16.6. The number of hydrogen-bond donors (Lipinski definition) is 1. The number of para-hydroxylation sites is 2. The largest absolute Gasteiger partial charge is 0.495 e. The minimum absolute atomic E-state index is 0.229. The van der Waals surface area contributed by atoms with Crippen LogP contribution >= 0.6 is 0 Å². The van der Waals surface area contributed by atoms with Gasteiger partial charge in [0.05, 0.1) is 19.3 Å². The van der Waals surface area contributed by atoms with E-state index in [0.29, 0.717) is 13.1 Å². The molecule has 1 aliphatic rings. The number of benzene rings is 1. The van der Waals surface area contributed by atoms with E-state index >= 15 is 0 Å². The second kappa shape index (κ2) is 6.08. The van der Waals surface area contributed by atoms with Gasteiger partial charge in [-0.15, -0.1) is 0 Å². The summed E-state index contributed by atoms with van der Waals surface area (Å²) >= 11 is 0. The zero-order chi connectivity index (χ0) is 13.7. The van der Waals surface area contributed by atoms with Crippen molar-refractivity contribution in [2.24, 2.45) is 0 Å². The van der Waals surface area contributed by atoms with Crippen molar-refractivity contribution in [1.29, 1.82) is 0 Å². The Balaban J connectivity index is 1.83. The van der Waals surface area contributed by atoms with E-state index < -0.39 is 6.09 Å². The lowest BCUT2D eigenvalue weighted by atomic mass is 10.3. The second-order valence-electron chi connectivity index (χ2n) is 4.04. The zero-order valence-corrected chi connectivity index (χ0v) is 10.7. The van der Waals surface area contributed by atoms with Crippen LogP contribution in [0.4, 0.5) is 10.5 Å². The van der Waals surface area contributed by atoms with Crippen molar-refractivity contribution in [1.82, 2.24) is 4.90 Å². The van der Waals surface area contributed by atoms with Gasteiger partial charge < -0.3 is 14.8 Å². The molecule has 2 rings (SSSR count). The lowest BCUT2D eigenvalue weighted by Crippen LogP contribution is -2.32. The van der Waals surface area contributed by atoms with E-state index in [2.05, 4.69) is 5.32 Å².